The van der Waals surface area contributed by atoms with Crippen molar-refractivity contribution in [3.05, 3.63) is 48.5 Å². The summed E-state index contributed by atoms with van der Waals surface area (Å²) in [6.45, 7) is 0. The lowest BCUT2D eigenvalue weighted by Gasteiger charge is -2.08. The van der Waals surface area contributed by atoms with Crippen molar-refractivity contribution >= 4 is 40.1 Å². The number of amidine groups is 1. The van der Waals surface area contributed by atoms with E-state index in [1.54, 1.807) is 44.6 Å². The fourth-order valence-electron chi connectivity index (χ4n) is 2.44. The minimum Gasteiger partial charge on any atom is -0.497 e. The minimum atomic E-state index is -0.521. The van der Waals surface area contributed by atoms with Gasteiger partial charge in [0.15, 0.2) is 5.17 Å². The van der Waals surface area contributed by atoms with Crippen LogP contribution >= 0.6 is 11.8 Å². The smallest absolute Gasteiger partial charge is 0.240 e. The van der Waals surface area contributed by atoms with E-state index >= 15 is 0 Å². The number of benzene rings is 2. The van der Waals surface area contributed by atoms with Crippen molar-refractivity contribution in [2.24, 2.45) is 4.99 Å². The zero-order valence-electron chi connectivity index (χ0n) is 14.9. The molecule has 1 aliphatic rings. The molecule has 1 fully saturated rings. The van der Waals surface area contributed by atoms with Crippen LogP contribution in [0.15, 0.2) is 53.5 Å². The first-order chi connectivity index (χ1) is 13.1. The van der Waals surface area contributed by atoms with Crippen molar-refractivity contribution < 1.29 is 19.1 Å². The highest BCUT2D eigenvalue weighted by atomic mass is 32.2. The average Bonchev–Trinajstić information content (AvgIpc) is 3.01. The number of carbonyl (C=O) groups excluding carboxylic acids is 2. The van der Waals surface area contributed by atoms with E-state index in [9.17, 15) is 9.59 Å². The molecule has 0 spiro atoms. The summed E-state index contributed by atoms with van der Waals surface area (Å²) in [6, 6.07) is 14.2. The van der Waals surface area contributed by atoms with E-state index in [2.05, 4.69) is 15.6 Å². The number of hydrogen-bond donors (Lipinski definition) is 2. The largest absolute Gasteiger partial charge is 0.497 e. The SMILES string of the molecule is COc1ccc(NC(=O)CC2SC(=Nc3cccc(OC)c3)NC2=O)cc1. The molecular formula is C19H19N3O4S. The highest BCUT2D eigenvalue weighted by Crippen LogP contribution is 2.27. The number of ether oxygens (including phenoxy) is 2. The summed E-state index contributed by atoms with van der Waals surface area (Å²) < 4.78 is 10.2. The first-order valence-electron chi connectivity index (χ1n) is 8.21. The Hall–Kier alpha value is -3.00. The highest BCUT2D eigenvalue weighted by Gasteiger charge is 2.32. The van der Waals surface area contributed by atoms with E-state index in [4.69, 9.17) is 9.47 Å². The van der Waals surface area contributed by atoms with Gasteiger partial charge in [0.2, 0.25) is 11.8 Å². The van der Waals surface area contributed by atoms with Crippen LogP contribution in [0.5, 0.6) is 11.5 Å². The van der Waals surface area contributed by atoms with Gasteiger partial charge >= 0.3 is 0 Å². The van der Waals surface area contributed by atoms with Gasteiger partial charge in [-0.3, -0.25) is 9.59 Å². The zero-order valence-corrected chi connectivity index (χ0v) is 15.7. The lowest BCUT2D eigenvalue weighted by Crippen LogP contribution is -2.28. The lowest BCUT2D eigenvalue weighted by molar-refractivity contribution is -0.122. The quantitative estimate of drug-likeness (QED) is 0.798. The van der Waals surface area contributed by atoms with Crippen LogP contribution in [0.2, 0.25) is 0 Å². The van der Waals surface area contributed by atoms with Gasteiger partial charge in [-0.15, -0.1) is 0 Å². The third-order valence-electron chi connectivity index (χ3n) is 3.80. The molecule has 2 amide bonds. The minimum absolute atomic E-state index is 0.0552. The van der Waals surface area contributed by atoms with Gasteiger partial charge in [0.25, 0.3) is 0 Å². The van der Waals surface area contributed by atoms with Crippen molar-refractivity contribution in [1.29, 1.82) is 0 Å². The van der Waals surface area contributed by atoms with E-state index in [1.165, 1.54) is 11.8 Å². The number of aliphatic imine (C=N–C) groups is 1. The Labute approximate surface area is 161 Å². The Bertz CT molecular complexity index is 868. The maximum atomic E-state index is 12.2. The number of nitrogens with one attached hydrogen (secondary N) is 2. The van der Waals surface area contributed by atoms with Gasteiger partial charge in [0.05, 0.1) is 19.9 Å². The molecule has 1 atom stereocenters. The topological polar surface area (TPSA) is 89.0 Å². The van der Waals surface area contributed by atoms with Crippen molar-refractivity contribution in [1.82, 2.24) is 5.32 Å². The number of hydrogen-bond acceptors (Lipinski definition) is 6. The maximum Gasteiger partial charge on any atom is 0.240 e. The highest BCUT2D eigenvalue weighted by molar-refractivity contribution is 8.15. The van der Waals surface area contributed by atoms with E-state index in [0.29, 0.717) is 28.0 Å². The molecule has 1 saturated heterocycles. The van der Waals surface area contributed by atoms with Crippen LogP contribution < -0.4 is 20.1 Å². The maximum absolute atomic E-state index is 12.2. The third-order valence-corrected chi connectivity index (χ3v) is 4.89. The number of thioether (sulfide) groups is 1. The number of rotatable bonds is 6. The Balaban J connectivity index is 1.59. The first-order valence-corrected chi connectivity index (χ1v) is 9.09. The van der Waals surface area contributed by atoms with Crippen molar-refractivity contribution in [3.8, 4) is 11.5 Å². The van der Waals surface area contributed by atoms with Crippen molar-refractivity contribution in [3.63, 3.8) is 0 Å². The van der Waals surface area contributed by atoms with E-state index in [1.807, 2.05) is 18.2 Å². The Morgan fingerprint density at radius 2 is 1.89 bits per heavy atom. The molecule has 2 aromatic rings. The Morgan fingerprint density at radius 1 is 1.15 bits per heavy atom. The van der Waals surface area contributed by atoms with Crippen LogP contribution in [0.3, 0.4) is 0 Å². The van der Waals surface area contributed by atoms with Crippen LogP contribution in [-0.4, -0.2) is 36.5 Å². The second-order valence-corrected chi connectivity index (χ2v) is 6.89. The molecular weight excluding hydrogens is 366 g/mol. The van der Waals surface area contributed by atoms with Crippen LogP contribution in [0, 0.1) is 0 Å². The van der Waals surface area contributed by atoms with Crippen molar-refractivity contribution in [2.45, 2.75) is 11.7 Å². The molecule has 1 unspecified atom stereocenters. The molecule has 2 aromatic carbocycles. The molecule has 2 N–H and O–H groups in total. The van der Waals surface area contributed by atoms with Crippen LogP contribution in [0.1, 0.15) is 6.42 Å². The normalized spacial score (nSPS) is 17.5. The van der Waals surface area contributed by atoms with Crippen LogP contribution in [0.4, 0.5) is 11.4 Å². The number of methoxy groups -OCH3 is 2. The molecule has 140 valence electrons. The van der Waals surface area contributed by atoms with Crippen molar-refractivity contribution in [2.75, 3.05) is 19.5 Å². The zero-order chi connectivity index (χ0) is 19.2. The van der Waals surface area contributed by atoms with Crippen LogP contribution in [0.25, 0.3) is 0 Å². The summed E-state index contributed by atoms with van der Waals surface area (Å²) in [7, 11) is 3.16. The van der Waals surface area contributed by atoms with Crippen LogP contribution in [-0.2, 0) is 9.59 Å². The molecule has 3 rings (SSSR count). The monoisotopic (exact) mass is 385 g/mol. The standard InChI is InChI=1S/C19H19N3O4S/c1-25-14-8-6-12(7-9-14)20-17(23)11-16-18(24)22-19(27-16)21-13-4-3-5-15(10-13)26-2/h3-10,16H,11H2,1-2H3,(H,20,23)(H,21,22,24). The predicted octanol–water partition coefficient (Wildman–Crippen LogP) is 2.95. The molecule has 0 saturated carbocycles. The van der Waals surface area contributed by atoms with E-state index in [-0.39, 0.29) is 18.2 Å². The molecule has 7 nitrogen and oxygen atoms in total. The van der Waals surface area contributed by atoms with Gasteiger partial charge in [0, 0.05) is 18.2 Å². The van der Waals surface area contributed by atoms with Gasteiger partial charge < -0.3 is 20.1 Å². The fraction of sp³-hybridized carbons (Fsp3) is 0.211. The summed E-state index contributed by atoms with van der Waals surface area (Å²) >= 11 is 1.24. The molecule has 0 radical (unpaired) electrons. The molecule has 1 heterocycles. The Morgan fingerprint density at radius 3 is 2.59 bits per heavy atom. The Kier molecular flexibility index (Phi) is 5.97. The van der Waals surface area contributed by atoms with Gasteiger partial charge in [-0.1, -0.05) is 17.8 Å². The average molecular weight is 385 g/mol. The summed E-state index contributed by atoms with van der Waals surface area (Å²) in [5, 5.41) is 5.43. The second-order valence-electron chi connectivity index (χ2n) is 5.69. The summed E-state index contributed by atoms with van der Waals surface area (Å²) in [4.78, 5) is 28.8. The summed E-state index contributed by atoms with van der Waals surface area (Å²) in [5.74, 6) is 0.917. The molecule has 1 aliphatic heterocycles. The van der Waals surface area contributed by atoms with Gasteiger partial charge in [-0.05, 0) is 36.4 Å². The second kappa shape index (κ2) is 8.59. The number of amides is 2. The molecule has 8 heteroatoms. The molecule has 27 heavy (non-hydrogen) atoms. The number of carbonyl (C=O) groups is 2. The number of anilines is 1. The van der Waals surface area contributed by atoms with Gasteiger partial charge in [0.1, 0.15) is 16.7 Å². The summed E-state index contributed by atoms with van der Waals surface area (Å²) in [6.07, 6.45) is 0.0552. The fourth-order valence-corrected chi connectivity index (χ4v) is 3.43. The predicted molar refractivity (Wildman–Crippen MR) is 106 cm³/mol. The van der Waals surface area contributed by atoms with E-state index < -0.39 is 5.25 Å². The first kappa shape index (κ1) is 18.8. The lowest BCUT2D eigenvalue weighted by atomic mass is 10.2. The molecule has 0 aromatic heterocycles. The van der Waals surface area contributed by atoms with E-state index in [0.717, 1.165) is 0 Å². The molecule has 0 bridgehead atoms. The van der Waals surface area contributed by atoms with Gasteiger partial charge in [-0.25, -0.2) is 4.99 Å². The third kappa shape index (κ3) is 5.01. The molecule has 0 aliphatic carbocycles. The summed E-state index contributed by atoms with van der Waals surface area (Å²) in [5.41, 5.74) is 1.31. The number of nitrogens with zero attached hydrogens (tertiary/aromatic N) is 1. The van der Waals surface area contributed by atoms with Gasteiger partial charge in [-0.2, -0.15) is 0 Å².